The zero-order valence-electron chi connectivity index (χ0n) is 13.4. The van der Waals surface area contributed by atoms with Gasteiger partial charge in [0.15, 0.2) is 0 Å². The van der Waals surface area contributed by atoms with E-state index in [1.165, 1.54) is 0 Å². The fourth-order valence-electron chi connectivity index (χ4n) is 2.33. The minimum atomic E-state index is -0.472. The fourth-order valence-corrected chi connectivity index (χ4v) is 2.33. The Kier molecular flexibility index (Phi) is 7.99. The molecule has 0 aromatic rings. The van der Waals surface area contributed by atoms with Gasteiger partial charge in [0.25, 0.3) is 0 Å². The van der Waals surface area contributed by atoms with Crippen molar-refractivity contribution in [3.8, 4) is 0 Å². The molecule has 120 valence electrons. The van der Waals surface area contributed by atoms with Crippen LogP contribution in [0.5, 0.6) is 0 Å². The molecule has 0 aromatic heterocycles. The van der Waals surface area contributed by atoms with Gasteiger partial charge >= 0.3 is 0 Å². The molecule has 20 heavy (non-hydrogen) atoms. The number of aliphatic hydroxyl groups is 1. The molecule has 1 fully saturated rings. The van der Waals surface area contributed by atoms with Gasteiger partial charge in [0.05, 0.1) is 37.6 Å². The van der Waals surface area contributed by atoms with Gasteiger partial charge in [-0.05, 0) is 40.5 Å². The highest BCUT2D eigenvalue weighted by Crippen LogP contribution is 2.23. The van der Waals surface area contributed by atoms with Crippen LogP contribution in [0.2, 0.25) is 0 Å². The molecule has 0 spiro atoms. The van der Waals surface area contributed by atoms with Crippen molar-refractivity contribution in [2.75, 3.05) is 33.0 Å². The van der Waals surface area contributed by atoms with Gasteiger partial charge in [-0.15, -0.1) is 0 Å². The van der Waals surface area contributed by atoms with Crippen molar-refractivity contribution in [2.24, 2.45) is 0 Å². The van der Waals surface area contributed by atoms with E-state index in [-0.39, 0.29) is 11.7 Å². The van der Waals surface area contributed by atoms with Crippen molar-refractivity contribution < 1.29 is 19.3 Å². The van der Waals surface area contributed by atoms with Crippen LogP contribution in [-0.4, -0.2) is 61.9 Å². The maximum Gasteiger partial charge on any atom is 0.0897 e. The first-order valence-corrected chi connectivity index (χ1v) is 7.64. The minimum Gasteiger partial charge on any atom is -0.389 e. The van der Waals surface area contributed by atoms with Crippen LogP contribution in [0.1, 0.15) is 40.5 Å². The number of nitrogens with one attached hydrogen (secondary N) is 1. The molecule has 1 heterocycles. The van der Waals surface area contributed by atoms with Crippen LogP contribution in [0.3, 0.4) is 0 Å². The smallest absolute Gasteiger partial charge is 0.0897 e. The Morgan fingerprint density at radius 1 is 1.35 bits per heavy atom. The Hall–Kier alpha value is -0.200. The summed E-state index contributed by atoms with van der Waals surface area (Å²) in [5, 5.41) is 13.3. The van der Waals surface area contributed by atoms with E-state index >= 15 is 0 Å². The third-order valence-corrected chi connectivity index (χ3v) is 3.33. The van der Waals surface area contributed by atoms with E-state index in [0.29, 0.717) is 32.4 Å². The standard InChI is InChI=1S/C15H31NO4/c1-12(2)19-8-7-18-11-14(17)10-16-13-5-6-20-15(3,4)9-13/h12-14,16-17H,5-11H2,1-4H3. The molecule has 0 radical (unpaired) electrons. The molecule has 0 aliphatic carbocycles. The Labute approximate surface area is 123 Å². The molecule has 1 aliphatic rings. The first-order valence-electron chi connectivity index (χ1n) is 7.64. The average Bonchev–Trinajstić information content (AvgIpc) is 2.34. The third-order valence-electron chi connectivity index (χ3n) is 3.33. The molecule has 0 saturated carbocycles. The lowest BCUT2D eigenvalue weighted by molar-refractivity contribution is -0.0651. The molecule has 2 atom stereocenters. The lowest BCUT2D eigenvalue weighted by atomic mass is 9.94. The zero-order chi connectivity index (χ0) is 15.0. The van der Waals surface area contributed by atoms with Gasteiger partial charge in [0.2, 0.25) is 0 Å². The van der Waals surface area contributed by atoms with Crippen molar-refractivity contribution >= 4 is 0 Å². The van der Waals surface area contributed by atoms with E-state index in [0.717, 1.165) is 19.4 Å². The highest BCUT2D eigenvalue weighted by Gasteiger charge is 2.28. The summed E-state index contributed by atoms with van der Waals surface area (Å²) >= 11 is 0. The van der Waals surface area contributed by atoms with Crippen LogP contribution in [-0.2, 0) is 14.2 Å². The van der Waals surface area contributed by atoms with Crippen molar-refractivity contribution in [1.29, 1.82) is 0 Å². The predicted molar refractivity (Wildman–Crippen MR) is 79.0 cm³/mol. The highest BCUT2D eigenvalue weighted by molar-refractivity contribution is 4.83. The Morgan fingerprint density at radius 3 is 2.75 bits per heavy atom. The van der Waals surface area contributed by atoms with Crippen LogP contribution in [0.15, 0.2) is 0 Å². The lowest BCUT2D eigenvalue weighted by Gasteiger charge is -2.36. The first-order chi connectivity index (χ1) is 9.39. The Morgan fingerprint density at radius 2 is 2.10 bits per heavy atom. The summed E-state index contributed by atoms with van der Waals surface area (Å²) in [5.74, 6) is 0. The molecule has 0 bridgehead atoms. The van der Waals surface area contributed by atoms with Gasteiger partial charge in [0.1, 0.15) is 0 Å². The van der Waals surface area contributed by atoms with Crippen molar-refractivity contribution in [1.82, 2.24) is 5.32 Å². The van der Waals surface area contributed by atoms with E-state index in [1.807, 2.05) is 13.8 Å². The summed E-state index contributed by atoms with van der Waals surface area (Å²) < 4.78 is 16.4. The van der Waals surface area contributed by atoms with Crippen LogP contribution < -0.4 is 5.32 Å². The summed E-state index contributed by atoms with van der Waals surface area (Å²) in [6.45, 7) is 11.0. The van der Waals surface area contributed by atoms with E-state index in [4.69, 9.17) is 14.2 Å². The molecular formula is C15H31NO4. The molecule has 0 aromatic carbocycles. The summed E-state index contributed by atoms with van der Waals surface area (Å²) in [4.78, 5) is 0. The van der Waals surface area contributed by atoms with E-state index < -0.39 is 6.10 Å². The molecule has 5 heteroatoms. The fraction of sp³-hybridized carbons (Fsp3) is 1.00. The first kappa shape index (κ1) is 17.9. The Bertz CT molecular complexity index is 258. The van der Waals surface area contributed by atoms with Gasteiger partial charge in [-0.25, -0.2) is 0 Å². The quantitative estimate of drug-likeness (QED) is 0.627. The van der Waals surface area contributed by atoms with Crippen molar-refractivity contribution in [2.45, 2.75) is 64.4 Å². The van der Waals surface area contributed by atoms with Crippen molar-refractivity contribution in [3.63, 3.8) is 0 Å². The molecule has 1 saturated heterocycles. The van der Waals surface area contributed by atoms with Gasteiger partial charge in [0, 0.05) is 19.2 Å². The molecule has 5 nitrogen and oxygen atoms in total. The second-order valence-electron chi connectivity index (χ2n) is 6.35. The third kappa shape index (κ3) is 8.17. The number of aliphatic hydroxyl groups excluding tert-OH is 1. The monoisotopic (exact) mass is 289 g/mol. The molecule has 1 rings (SSSR count). The maximum absolute atomic E-state index is 9.86. The Balaban J connectivity index is 2.03. The predicted octanol–water partition coefficient (Wildman–Crippen LogP) is 1.34. The van der Waals surface area contributed by atoms with E-state index in [1.54, 1.807) is 0 Å². The van der Waals surface area contributed by atoms with Crippen molar-refractivity contribution in [3.05, 3.63) is 0 Å². The van der Waals surface area contributed by atoms with Gasteiger partial charge in [-0.3, -0.25) is 0 Å². The molecule has 2 N–H and O–H groups in total. The summed E-state index contributed by atoms with van der Waals surface area (Å²) in [6, 6.07) is 0.415. The molecular weight excluding hydrogens is 258 g/mol. The summed E-state index contributed by atoms with van der Waals surface area (Å²) in [5.41, 5.74) is -0.0639. The SMILES string of the molecule is CC(C)OCCOCC(O)CNC1CCOC(C)(C)C1. The molecule has 0 amide bonds. The largest absolute Gasteiger partial charge is 0.389 e. The number of hydrogen-bond acceptors (Lipinski definition) is 5. The average molecular weight is 289 g/mol. The molecule has 2 unspecified atom stereocenters. The highest BCUT2D eigenvalue weighted by atomic mass is 16.5. The normalized spacial score (nSPS) is 24.0. The number of rotatable bonds is 9. The maximum atomic E-state index is 9.86. The molecule has 1 aliphatic heterocycles. The van der Waals surface area contributed by atoms with Crippen LogP contribution >= 0.6 is 0 Å². The van der Waals surface area contributed by atoms with Crippen LogP contribution in [0, 0.1) is 0 Å². The summed E-state index contributed by atoms with van der Waals surface area (Å²) in [6.07, 6.45) is 1.73. The van der Waals surface area contributed by atoms with Gasteiger partial charge < -0.3 is 24.6 Å². The zero-order valence-corrected chi connectivity index (χ0v) is 13.4. The van der Waals surface area contributed by atoms with E-state index in [2.05, 4.69) is 19.2 Å². The number of hydrogen-bond donors (Lipinski definition) is 2. The second kappa shape index (κ2) is 8.95. The summed E-state index contributed by atoms with van der Waals surface area (Å²) in [7, 11) is 0. The lowest BCUT2D eigenvalue weighted by Crippen LogP contribution is -2.46. The number of ether oxygens (including phenoxy) is 3. The van der Waals surface area contributed by atoms with Crippen LogP contribution in [0.4, 0.5) is 0 Å². The minimum absolute atomic E-state index is 0.0639. The van der Waals surface area contributed by atoms with Crippen LogP contribution in [0.25, 0.3) is 0 Å². The van der Waals surface area contributed by atoms with E-state index in [9.17, 15) is 5.11 Å². The van der Waals surface area contributed by atoms with Gasteiger partial charge in [-0.2, -0.15) is 0 Å². The van der Waals surface area contributed by atoms with Gasteiger partial charge in [-0.1, -0.05) is 0 Å². The topological polar surface area (TPSA) is 60.0 Å². The second-order valence-corrected chi connectivity index (χ2v) is 6.35.